The van der Waals surface area contributed by atoms with Gasteiger partial charge in [-0.25, -0.2) is 9.97 Å². The van der Waals surface area contributed by atoms with Gasteiger partial charge in [0.05, 0.1) is 0 Å². The molecule has 0 bridgehead atoms. The van der Waals surface area contributed by atoms with Crippen LogP contribution in [0.2, 0.25) is 5.02 Å². The van der Waals surface area contributed by atoms with Gasteiger partial charge in [-0.2, -0.15) is 0 Å². The van der Waals surface area contributed by atoms with E-state index in [1.54, 1.807) is 18.5 Å². The third-order valence-corrected chi connectivity index (χ3v) is 3.44. The number of carbonyl (C=O) groups excluding carboxylic acids is 1. The summed E-state index contributed by atoms with van der Waals surface area (Å²) in [5, 5.41) is 3.43. The van der Waals surface area contributed by atoms with Gasteiger partial charge >= 0.3 is 0 Å². The second kappa shape index (κ2) is 4.97. The molecule has 1 aromatic heterocycles. The lowest BCUT2D eigenvalue weighted by Gasteiger charge is -2.03. The average Bonchev–Trinajstić information content (AvgIpc) is 3.20. The van der Waals surface area contributed by atoms with Gasteiger partial charge in [0.2, 0.25) is 11.9 Å². The van der Waals surface area contributed by atoms with E-state index < -0.39 is 0 Å². The molecular weight excluding hydrogens is 262 g/mol. The monoisotopic (exact) mass is 273 g/mol. The zero-order valence-electron chi connectivity index (χ0n) is 10.1. The van der Waals surface area contributed by atoms with E-state index in [1.807, 2.05) is 24.3 Å². The van der Waals surface area contributed by atoms with Gasteiger partial charge in [-0.05, 0) is 36.1 Å². The van der Waals surface area contributed by atoms with E-state index in [0.29, 0.717) is 11.0 Å². The number of nitrogens with one attached hydrogen (secondary N) is 1. The molecule has 5 heteroatoms. The molecule has 1 aromatic carbocycles. The Balaban J connectivity index is 1.65. The summed E-state index contributed by atoms with van der Waals surface area (Å²) >= 11 is 5.95. The summed E-state index contributed by atoms with van der Waals surface area (Å²) < 4.78 is 0. The zero-order chi connectivity index (χ0) is 13.2. The number of amides is 1. The van der Waals surface area contributed by atoms with Crippen LogP contribution >= 0.6 is 11.6 Å². The van der Waals surface area contributed by atoms with E-state index in [2.05, 4.69) is 15.3 Å². The molecule has 3 rings (SSSR count). The maximum absolute atomic E-state index is 12.0. The number of nitrogens with zero attached hydrogens (tertiary/aromatic N) is 2. The summed E-state index contributed by atoms with van der Waals surface area (Å²) in [6, 6.07) is 9.37. The first-order valence-corrected chi connectivity index (χ1v) is 6.45. The molecule has 1 N–H and O–H groups in total. The number of rotatable bonds is 3. The molecule has 0 aliphatic heterocycles. The molecule has 96 valence electrons. The molecule has 1 amide bonds. The molecule has 0 spiro atoms. The quantitative estimate of drug-likeness (QED) is 0.935. The predicted molar refractivity (Wildman–Crippen MR) is 73.0 cm³/mol. The highest BCUT2D eigenvalue weighted by Crippen LogP contribution is 2.48. The first kappa shape index (κ1) is 12.1. The molecular formula is C14H12ClN3O. The molecule has 1 aliphatic carbocycles. The number of carbonyl (C=O) groups is 1. The molecule has 1 heterocycles. The lowest BCUT2D eigenvalue weighted by atomic mass is 10.1. The van der Waals surface area contributed by atoms with Crippen LogP contribution in [0.1, 0.15) is 17.9 Å². The van der Waals surface area contributed by atoms with Crippen molar-refractivity contribution in [1.29, 1.82) is 0 Å². The molecule has 0 saturated heterocycles. The van der Waals surface area contributed by atoms with Crippen LogP contribution in [0.25, 0.3) is 0 Å². The predicted octanol–water partition coefficient (Wildman–Crippen LogP) is 2.87. The van der Waals surface area contributed by atoms with Gasteiger partial charge in [0.15, 0.2) is 0 Å². The van der Waals surface area contributed by atoms with Gasteiger partial charge in [0.25, 0.3) is 0 Å². The van der Waals surface area contributed by atoms with E-state index >= 15 is 0 Å². The van der Waals surface area contributed by atoms with E-state index in [9.17, 15) is 4.79 Å². The van der Waals surface area contributed by atoms with Crippen molar-refractivity contribution in [3.05, 3.63) is 53.3 Å². The molecule has 1 aliphatic rings. The van der Waals surface area contributed by atoms with Crippen LogP contribution in [0.3, 0.4) is 0 Å². The first-order valence-electron chi connectivity index (χ1n) is 6.07. The number of halogens is 1. The normalized spacial score (nSPS) is 20.9. The molecule has 2 atom stereocenters. The van der Waals surface area contributed by atoms with Crippen molar-refractivity contribution in [2.24, 2.45) is 5.92 Å². The Morgan fingerprint density at radius 3 is 2.79 bits per heavy atom. The number of hydrogen-bond donors (Lipinski definition) is 1. The smallest absolute Gasteiger partial charge is 0.230 e. The Labute approximate surface area is 115 Å². The topological polar surface area (TPSA) is 54.9 Å². The summed E-state index contributed by atoms with van der Waals surface area (Å²) in [7, 11) is 0. The van der Waals surface area contributed by atoms with Gasteiger partial charge in [0.1, 0.15) is 0 Å². The second-order valence-corrected chi connectivity index (χ2v) is 5.00. The van der Waals surface area contributed by atoms with E-state index in [-0.39, 0.29) is 17.7 Å². The maximum Gasteiger partial charge on any atom is 0.230 e. The molecule has 0 radical (unpaired) electrons. The summed E-state index contributed by atoms with van der Waals surface area (Å²) in [6.07, 6.45) is 4.05. The zero-order valence-corrected chi connectivity index (χ0v) is 10.8. The third-order valence-electron chi connectivity index (χ3n) is 3.20. The minimum Gasteiger partial charge on any atom is -0.294 e. The highest BCUT2D eigenvalue weighted by Gasteiger charge is 2.44. The molecule has 1 saturated carbocycles. The highest BCUT2D eigenvalue weighted by atomic mass is 35.5. The van der Waals surface area contributed by atoms with Gasteiger partial charge in [-0.3, -0.25) is 10.1 Å². The fourth-order valence-electron chi connectivity index (χ4n) is 2.16. The summed E-state index contributed by atoms with van der Waals surface area (Å²) in [5.41, 5.74) is 1.11. The van der Waals surface area contributed by atoms with Crippen LogP contribution in [0.5, 0.6) is 0 Å². The van der Waals surface area contributed by atoms with Gasteiger partial charge in [-0.1, -0.05) is 23.7 Å². The highest BCUT2D eigenvalue weighted by molar-refractivity contribution is 6.30. The van der Waals surface area contributed by atoms with E-state index in [1.165, 1.54) is 0 Å². The number of hydrogen-bond acceptors (Lipinski definition) is 3. The van der Waals surface area contributed by atoms with Crippen LogP contribution < -0.4 is 5.32 Å². The molecule has 2 unspecified atom stereocenters. The van der Waals surface area contributed by atoms with Gasteiger partial charge in [0, 0.05) is 23.3 Å². The fourth-order valence-corrected chi connectivity index (χ4v) is 2.36. The minimum absolute atomic E-state index is 0.0118. The number of aromatic nitrogens is 2. The van der Waals surface area contributed by atoms with Crippen LogP contribution in [-0.4, -0.2) is 15.9 Å². The summed E-state index contributed by atoms with van der Waals surface area (Å²) in [4.78, 5) is 20.0. The van der Waals surface area contributed by atoms with Crippen molar-refractivity contribution in [3.63, 3.8) is 0 Å². The SMILES string of the molecule is O=C(Nc1ncccn1)C1CC1c1cccc(Cl)c1. The van der Waals surface area contributed by atoms with Crippen LogP contribution in [-0.2, 0) is 4.79 Å². The van der Waals surface area contributed by atoms with Crippen molar-refractivity contribution in [2.75, 3.05) is 5.32 Å². The van der Waals surface area contributed by atoms with Crippen LogP contribution in [0.4, 0.5) is 5.95 Å². The Bertz CT molecular complexity index is 603. The molecule has 2 aromatic rings. The maximum atomic E-state index is 12.0. The van der Waals surface area contributed by atoms with Crippen molar-refractivity contribution in [1.82, 2.24) is 9.97 Å². The lowest BCUT2D eigenvalue weighted by molar-refractivity contribution is -0.117. The Kier molecular flexibility index (Phi) is 3.17. The Morgan fingerprint density at radius 2 is 2.05 bits per heavy atom. The molecule has 1 fully saturated rings. The van der Waals surface area contributed by atoms with Crippen molar-refractivity contribution >= 4 is 23.5 Å². The Morgan fingerprint density at radius 1 is 1.26 bits per heavy atom. The summed E-state index contributed by atoms with van der Waals surface area (Å²) in [5.74, 6) is 0.560. The molecule has 19 heavy (non-hydrogen) atoms. The number of benzene rings is 1. The second-order valence-electron chi connectivity index (χ2n) is 4.57. The first-order chi connectivity index (χ1) is 9.24. The van der Waals surface area contributed by atoms with E-state index in [4.69, 9.17) is 11.6 Å². The van der Waals surface area contributed by atoms with Crippen molar-refractivity contribution in [2.45, 2.75) is 12.3 Å². The van der Waals surface area contributed by atoms with Gasteiger partial charge < -0.3 is 0 Å². The third kappa shape index (κ3) is 2.74. The van der Waals surface area contributed by atoms with Crippen LogP contribution in [0, 0.1) is 5.92 Å². The Hall–Kier alpha value is -1.94. The van der Waals surface area contributed by atoms with E-state index in [0.717, 1.165) is 12.0 Å². The van der Waals surface area contributed by atoms with Gasteiger partial charge in [-0.15, -0.1) is 0 Å². The van der Waals surface area contributed by atoms with Crippen molar-refractivity contribution in [3.8, 4) is 0 Å². The standard InChI is InChI=1S/C14H12ClN3O/c15-10-4-1-3-9(7-10)11-8-12(11)13(19)18-14-16-5-2-6-17-14/h1-7,11-12H,8H2,(H,16,17,18,19). The van der Waals surface area contributed by atoms with Crippen LogP contribution in [0.15, 0.2) is 42.7 Å². The fraction of sp³-hybridized carbons (Fsp3) is 0.214. The van der Waals surface area contributed by atoms with Crippen molar-refractivity contribution < 1.29 is 4.79 Å². The minimum atomic E-state index is -0.0313. The summed E-state index contributed by atoms with van der Waals surface area (Å²) in [6.45, 7) is 0. The average molecular weight is 274 g/mol. The largest absolute Gasteiger partial charge is 0.294 e. The number of anilines is 1. The lowest BCUT2D eigenvalue weighted by Crippen LogP contribution is -2.16. The molecule has 4 nitrogen and oxygen atoms in total.